The van der Waals surface area contributed by atoms with Crippen LogP contribution in [-0.2, 0) is 4.74 Å². The van der Waals surface area contributed by atoms with Gasteiger partial charge in [0.2, 0.25) is 0 Å². The van der Waals surface area contributed by atoms with Crippen LogP contribution in [-0.4, -0.2) is 23.8 Å². The Labute approximate surface area is 89.0 Å². The van der Waals surface area contributed by atoms with Crippen LogP contribution < -0.4 is 0 Å². The summed E-state index contributed by atoms with van der Waals surface area (Å²) in [4.78, 5) is 10.4. The number of carboxylic acids is 1. The Morgan fingerprint density at radius 2 is 2.00 bits per heavy atom. The maximum absolute atomic E-state index is 10.4. The van der Waals surface area contributed by atoms with Crippen LogP contribution in [0.2, 0.25) is 0 Å². The molecule has 80 valence electrons. The third kappa shape index (κ3) is 4.42. The standard InChI is InChI=1S/C9H8O2.C3H6O/c1-2-7-3-5-8(6-4-7)9(10)11;1-3-2-4-3/h2-6H,1H2,(H,10,11);3H,2H2,1H3. The van der Waals surface area contributed by atoms with Gasteiger partial charge in [0.15, 0.2) is 0 Å². The smallest absolute Gasteiger partial charge is 0.335 e. The summed E-state index contributed by atoms with van der Waals surface area (Å²) in [5.41, 5.74) is 1.23. The number of epoxide rings is 1. The number of aromatic carboxylic acids is 1. The maximum atomic E-state index is 10.4. The summed E-state index contributed by atoms with van der Waals surface area (Å²) in [5.74, 6) is -0.902. The lowest BCUT2D eigenvalue weighted by Crippen LogP contribution is -1.94. The fourth-order valence-electron chi connectivity index (χ4n) is 0.858. The van der Waals surface area contributed by atoms with E-state index in [1.54, 1.807) is 30.3 Å². The third-order valence-electron chi connectivity index (χ3n) is 1.89. The third-order valence-corrected chi connectivity index (χ3v) is 1.89. The molecule has 1 saturated heterocycles. The quantitative estimate of drug-likeness (QED) is 0.756. The molecular weight excluding hydrogens is 192 g/mol. The van der Waals surface area contributed by atoms with Gasteiger partial charge in [0.1, 0.15) is 0 Å². The molecule has 15 heavy (non-hydrogen) atoms. The van der Waals surface area contributed by atoms with Crippen LogP contribution in [0.4, 0.5) is 0 Å². The van der Waals surface area contributed by atoms with Crippen molar-refractivity contribution in [3.05, 3.63) is 42.0 Å². The van der Waals surface area contributed by atoms with E-state index in [0.29, 0.717) is 11.7 Å². The van der Waals surface area contributed by atoms with E-state index >= 15 is 0 Å². The summed E-state index contributed by atoms with van der Waals surface area (Å²) in [6.07, 6.45) is 2.26. The summed E-state index contributed by atoms with van der Waals surface area (Å²) in [5, 5.41) is 8.52. The first-order valence-corrected chi connectivity index (χ1v) is 4.71. The fourth-order valence-corrected chi connectivity index (χ4v) is 0.858. The van der Waals surface area contributed by atoms with Gasteiger partial charge in [-0.15, -0.1) is 0 Å². The van der Waals surface area contributed by atoms with Gasteiger partial charge in [-0.1, -0.05) is 24.8 Å². The monoisotopic (exact) mass is 206 g/mol. The molecule has 1 aliphatic rings. The van der Waals surface area contributed by atoms with Crippen LogP contribution in [0, 0.1) is 0 Å². The maximum Gasteiger partial charge on any atom is 0.335 e. The molecule has 1 atom stereocenters. The number of benzene rings is 1. The van der Waals surface area contributed by atoms with E-state index in [2.05, 4.69) is 13.5 Å². The Balaban J connectivity index is 0.000000234. The molecule has 0 amide bonds. The van der Waals surface area contributed by atoms with Crippen LogP contribution in [0.1, 0.15) is 22.8 Å². The highest BCUT2D eigenvalue weighted by Gasteiger charge is 2.13. The summed E-state index contributed by atoms with van der Waals surface area (Å²) < 4.78 is 4.71. The van der Waals surface area contributed by atoms with Crippen molar-refractivity contribution in [2.24, 2.45) is 0 Å². The summed E-state index contributed by atoms with van der Waals surface area (Å²) in [6, 6.07) is 6.55. The zero-order chi connectivity index (χ0) is 11.3. The molecule has 1 aromatic carbocycles. The van der Waals surface area contributed by atoms with E-state index in [-0.39, 0.29) is 0 Å². The molecule has 1 unspecified atom stereocenters. The van der Waals surface area contributed by atoms with Gasteiger partial charge in [-0.3, -0.25) is 0 Å². The average molecular weight is 206 g/mol. The summed E-state index contributed by atoms with van der Waals surface area (Å²) >= 11 is 0. The minimum atomic E-state index is -0.902. The highest BCUT2D eigenvalue weighted by Crippen LogP contribution is 2.04. The topological polar surface area (TPSA) is 49.8 Å². The molecule has 0 aromatic heterocycles. The van der Waals surface area contributed by atoms with Crippen LogP contribution in [0.15, 0.2) is 30.8 Å². The zero-order valence-electron chi connectivity index (χ0n) is 8.64. The molecule has 1 fully saturated rings. The number of ether oxygens (including phenoxy) is 1. The van der Waals surface area contributed by atoms with Gasteiger partial charge in [0.05, 0.1) is 18.3 Å². The Morgan fingerprint density at radius 3 is 2.27 bits per heavy atom. The predicted octanol–water partition coefficient (Wildman–Crippen LogP) is 2.43. The van der Waals surface area contributed by atoms with Gasteiger partial charge < -0.3 is 9.84 Å². The summed E-state index contributed by atoms with van der Waals surface area (Å²) in [6.45, 7) is 6.60. The number of hydrogen-bond donors (Lipinski definition) is 1. The lowest BCUT2D eigenvalue weighted by molar-refractivity contribution is 0.0697. The van der Waals surface area contributed by atoms with Gasteiger partial charge in [-0.2, -0.15) is 0 Å². The van der Waals surface area contributed by atoms with Crippen molar-refractivity contribution in [3.8, 4) is 0 Å². The number of carboxylic acid groups (broad SMARTS) is 1. The SMILES string of the molecule is C=Cc1ccc(C(=O)O)cc1.CC1CO1. The van der Waals surface area contributed by atoms with Gasteiger partial charge in [-0.25, -0.2) is 4.79 Å². The highest BCUT2D eigenvalue weighted by molar-refractivity contribution is 5.87. The lowest BCUT2D eigenvalue weighted by atomic mass is 10.1. The molecule has 0 aliphatic carbocycles. The molecule has 2 rings (SSSR count). The first kappa shape index (κ1) is 11.5. The largest absolute Gasteiger partial charge is 0.478 e. The van der Waals surface area contributed by atoms with Crippen molar-refractivity contribution in [2.45, 2.75) is 13.0 Å². The Bertz CT molecular complexity index is 336. The number of carbonyl (C=O) groups is 1. The molecule has 1 N–H and O–H groups in total. The minimum absolute atomic E-state index is 0.301. The highest BCUT2D eigenvalue weighted by atomic mass is 16.6. The van der Waals surface area contributed by atoms with E-state index in [0.717, 1.165) is 12.2 Å². The normalized spacial score (nSPS) is 17.3. The molecule has 1 aromatic rings. The summed E-state index contributed by atoms with van der Waals surface area (Å²) in [7, 11) is 0. The van der Waals surface area contributed by atoms with Crippen molar-refractivity contribution in [2.75, 3.05) is 6.61 Å². The second-order valence-electron chi connectivity index (χ2n) is 3.28. The van der Waals surface area contributed by atoms with Crippen molar-refractivity contribution < 1.29 is 14.6 Å². The first-order chi connectivity index (χ1) is 7.13. The van der Waals surface area contributed by atoms with Crippen molar-refractivity contribution in [1.82, 2.24) is 0 Å². The molecule has 3 nitrogen and oxygen atoms in total. The van der Waals surface area contributed by atoms with Gasteiger partial charge >= 0.3 is 5.97 Å². The van der Waals surface area contributed by atoms with Gasteiger partial charge in [-0.05, 0) is 24.6 Å². The van der Waals surface area contributed by atoms with Crippen molar-refractivity contribution >= 4 is 12.0 Å². The molecule has 1 heterocycles. The van der Waals surface area contributed by atoms with Crippen LogP contribution in [0.3, 0.4) is 0 Å². The van der Waals surface area contributed by atoms with Crippen LogP contribution >= 0.6 is 0 Å². The predicted molar refractivity (Wildman–Crippen MR) is 58.9 cm³/mol. The minimum Gasteiger partial charge on any atom is -0.478 e. The Kier molecular flexibility index (Phi) is 4.06. The molecule has 0 bridgehead atoms. The Hall–Kier alpha value is -1.61. The zero-order valence-corrected chi connectivity index (χ0v) is 8.64. The second-order valence-corrected chi connectivity index (χ2v) is 3.28. The molecule has 3 heteroatoms. The van der Waals surface area contributed by atoms with Crippen molar-refractivity contribution in [1.29, 1.82) is 0 Å². The van der Waals surface area contributed by atoms with E-state index in [1.807, 2.05) is 0 Å². The average Bonchev–Trinajstić information content (AvgIpc) is 3.02. The Morgan fingerprint density at radius 1 is 1.53 bits per heavy atom. The molecular formula is C12H14O3. The van der Waals surface area contributed by atoms with Crippen LogP contribution in [0.25, 0.3) is 6.08 Å². The first-order valence-electron chi connectivity index (χ1n) is 4.71. The second kappa shape index (κ2) is 5.32. The molecule has 0 spiro atoms. The van der Waals surface area contributed by atoms with Gasteiger partial charge in [0.25, 0.3) is 0 Å². The lowest BCUT2D eigenvalue weighted by Gasteiger charge is -1.93. The number of rotatable bonds is 2. The molecule has 0 radical (unpaired) electrons. The fraction of sp³-hybridized carbons (Fsp3) is 0.250. The van der Waals surface area contributed by atoms with Gasteiger partial charge in [0, 0.05) is 0 Å². The number of hydrogen-bond acceptors (Lipinski definition) is 2. The van der Waals surface area contributed by atoms with Crippen LogP contribution in [0.5, 0.6) is 0 Å². The van der Waals surface area contributed by atoms with E-state index in [4.69, 9.17) is 9.84 Å². The van der Waals surface area contributed by atoms with Crippen molar-refractivity contribution in [3.63, 3.8) is 0 Å². The van der Waals surface area contributed by atoms with E-state index < -0.39 is 5.97 Å². The van der Waals surface area contributed by atoms with E-state index in [1.165, 1.54) is 0 Å². The molecule has 1 aliphatic heterocycles. The molecule has 0 saturated carbocycles. The van der Waals surface area contributed by atoms with E-state index in [9.17, 15) is 4.79 Å².